The summed E-state index contributed by atoms with van der Waals surface area (Å²) in [5.74, 6) is 1.03. The van der Waals surface area contributed by atoms with E-state index in [0.29, 0.717) is 18.3 Å². The van der Waals surface area contributed by atoms with E-state index in [2.05, 4.69) is 27.4 Å². The topological polar surface area (TPSA) is 73.1 Å². The number of nitrogens with zero attached hydrogens (tertiary/aromatic N) is 3. The molecule has 18 heavy (non-hydrogen) atoms. The molecule has 0 atom stereocenters. The van der Waals surface area contributed by atoms with Crippen LogP contribution in [0.5, 0.6) is 0 Å². The SMILES string of the molecule is CC1(OCc2nc(-c3cccnc3)no2)CNC1. The van der Waals surface area contributed by atoms with E-state index in [1.165, 1.54) is 0 Å². The maximum absolute atomic E-state index is 5.73. The molecule has 94 valence electrons. The van der Waals surface area contributed by atoms with Gasteiger partial charge in [-0.3, -0.25) is 4.98 Å². The number of aromatic nitrogens is 3. The van der Waals surface area contributed by atoms with Gasteiger partial charge in [0.1, 0.15) is 6.61 Å². The molecule has 2 aromatic rings. The molecule has 0 bridgehead atoms. The lowest BCUT2D eigenvalue weighted by Crippen LogP contribution is -2.58. The van der Waals surface area contributed by atoms with Gasteiger partial charge in [0, 0.05) is 31.0 Å². The smallest absolute Gasteiger partial charge is 0.252 e. The second-order valence-electron chi connectivity index (χ2n) is 4.60. The Balaban J connectivity index is 1.66. The number of rotatable bonds is 4. The molecular formula is C12H14N4O2. The van der Waals surface area contributed by atoms with Crippen LogP contribution in [0.3, 0.4) is 0 Å². The van der Waals surface area contributed by atoms with Gasteiger partial charge in [-0.25, -0.2) is 0 Å². The minimum absolute atomic E-state index is 0.108. The summed E-state index contributed by atoms with van der Waals surface area (Å²) in [6.45, 7) is 4.11. The first-order valence-corrected chi connectivity index (χ1v) is 5.83. The average Bonchev–Trinajstić information content (AvgIpc) is 2.84. The second kappa shape index (κ2) is 4.47. The summed E-state index contributed by atoms with van der Waals surface area (Å²) in [7, 11) is 0. The lowest BCUT2D eigenvalue weighted by atomic mass is 10.0. The van der Waals surface area contributed by atoms with Gasteiger partial charge in [-0.05, 0) is 19.1 Å². The number of ether oxygens (including phenoxy) is 1. The van der Waals surface area contributed by atoms with Gasteiger partial charge >= 0.3 is 0 Å². The predicted molar refractivity (Wildman–Crippen MR) is 63.6 cm³/mol. The molecule has 0 amide bonds. The molecule has 0 aliphatic carbocycles. The van der Waals surface area contributed by atoms with Crippen molar-refractivity contribution < 1.29 is 9.26 Å². The monoisotopic (exact) mass is 246 g/mol. The van der Waals surface area contributed by atoms with Gasteiger partial charge in [0.25, 0.3) is 5.89 Å². The van der Waals surface area contributed by atoms with Crippen LogP contribution in [0.15, 0.2) is 29.0 Å². The Morgan fingerprint density at radius 2 is 2.39 bits per heavy atom. The van der Waals surface area contributed by atoms with Crippen molar-refractivity contribution in [3.05, 3.63) is 30.4 Å². The van der Waals surface area contributed by atoms with Crippen LogP contribution in [0, 0.1) is 0 Å². The summed E-state index contributed by atoms with van der Waals surface area (Å²) in [4.78, 5) is 8.30. The quantitative estimate of drug-likeness (QED) is 0.868. The maximum atomic E-state index is 5.73. The average molecular weight is 246 g/mol. The van der Waals surface area contributed by atoms with Crippen molar-refractivity contribution in [1.82, 2.24) is 20.4 Å². The summed E-state index contributed by atoms with van der Waals surface area (Å²) in [6.07, 6.45) is 3.41. The first-order chi connectivity index (χ1) is 8.75. The number of pyridine rings is 1. The van der Waals surface area contributed by atoms with Gasteiger partial charge in [0.05, 0.1) is 5.60 Å². The first kappa shape index (κ1) is 11.3. The normalized spacial score (nSPS) is 17.4. The van der Waals surface area contributed by atoms with Crippen molar-refractivity contribution in [2.45, 2.75) is 19.1 Å². The second-order valence-corrected chi connectivity index (χ2v) is 4.60. The molecule has 1 N–H and O–H groups in total. The van der Waals surface area contributed by atoms with Gasteiger partial charge < -0.3 is 14.6 Å². The van der Waals surface area contributed by atoms with Crippen molar-refractivity contribution in [3.8, 4) is 11.4 Å². The maximum Gasteiger partial charge on any atom is 0.252 e. The van der Waals surface area contributed by atoms with Crippen LogP contribution in [0.4, 0.5) is 0 Å². The molecule has 1 aliphatic heterocycles. The zero-order chi connectivity index (χ0) is 12.4. The van der Waals surface area contributed by atoms with Crippen LogP contribution in [-0.2, 0) is 11.3 Å². The van der Waals surface area contributed by atoms with Crippen molar-refractivity contribution in [1.29, 1.82) is 0 Å². The van der Waals surface area contributed by atoms with Crippen LogP contribution in [0.2, 0.25) is 0 Å². The van der Waals surface area contributed by atoms with Gasteiger partial charge in [0.15, 0.2) is 0 Å². The molecule has 1 fully saturated rings. The zero-order valence-corrected chi connectivity index (χ0v) is 10.1. The van der Waals surface area contributed by atoms with Crippen LogP contribution in [0.1, 0.15) is 12.8 Å². The highest BCUT2D eigenvalue weighted by Crippen LogP contribution is 2.19. The highest BCUT2D eigenvalue weighted by atomic mass is 16.5. The fourth-order valence-corrected chi connectivity index (χ4v) is 1.74. The fraction of sp³-hybridized carbons (Fsp3) is 0.417. The molecule has 6 nitrogen and oxygen atoms in total. The molecule has 3 rings (SSSR count). The van der Waals surface area contributed by atoms with E-state index in [9.17, 15) is 0 Å². The van der Waals surface area contributed by atoms with Gasteiger partial charge in [-0.1, -0.05) is 5.16 Å². The Hall–Kier alpha value is -1.79. The largest absolute Gasteiger partial charge is 0.363 e. The molecule has 0 unspecified atom stereocenters. The van der Waals surface area contributed by atoms with E-state index in [1.54, 1.807) is 12.4 Å². The van der Waals surface area contributed by atoms with Crippen molar-refractivity contribution in [2.75, 3.05) is 13.1 Å². The summed E-state index contributed by atoms with van der Waals surface area (Å²) < 4.78 is 10.9. The minimum atomic E-state index is -0.108. The van der Waals surface area contributed by atoms with Crippen molar-refractivity contribution >= 4 is 0 Å². The molecule has 1 saturated heterocycles. The lowest BCUT2D eigenvalue weighted by Gasteiger charge is -2.38. The molecular weight excluding hydrogens is 232 g/mol. The Morgan fingerprint density at radius 1 is 1.50 bits per heavy atom. The number of nitrogens with one attached hydrogen (secondary N) is 1. The third kappa shape index (κ3) is 2.25. The van der Waals surface area contributed by atoms with E-state index in [4.69, 9.17) is 9.26 Å². The van der Waals surface area contributed by atoms with Gasteiger partial charge in [-0.2, -0.15) is 4.98 Å². The van der Waals surface area contributed by atoms with Crippen molar-refractivity contribution in [3.63, 3.8) is 0 Å². The molecule has 6 heteroatoms. The van der Waals surface area contributed by atoms with Crippen LogP contribution < -0.4 is 5.32 Å². The molecule has 0 radical (unpaired) electrons. The van der Waals surface area contributed by atoms with E-state index in [1.807, 2.05) is 12.1 Å². The summed E-state index contributed by atoms with van der Waals surface area (Å²) >= 11 is 0. The fourth-order valence-electron chi connectivity index (χ4n) is 1.74. The summed E-state index contributed by atoms with van der Waals surface area (Å²) in [5.41, 5.74) is 0.729. The molecule has 0 spiro atoms. The zero-order valence-electron chi connectivity index (χ0n) is 10.1. The minimum Gasteiger partial charge on any atom is -0.363 e. The van der Waals surface area contributed by atoms with Crippen molar-refractivity contribution in [2.24, 2.45) is 0 Å². The van der Waals surface area contributed by atoms with Crippen LogP contribution in [-0.4, -0.2) is 33.8 Å². The molecule has 2 aromatic heterocycles. The van der Waals surface area contributed by atoms with Crippen LogP contribution >= 0.6 is 0 Å². The van der Waals surface area contributed by atoms with E-state index < -0.39 is 0 Å². The van der Waals surface area contributed by atoms with Gasteiger partial charge in [0.2, 0.25) is 5.82 Å². The Bertz CT molecular complexity index is 522. The summed E-state index contributed by atoms with van der Waals surface area (Å²) in [6, 6.07) is 3.72. The van der Waals surface area contributed by atoms with Gasteiger partial charge in [-0.15, -0.1) is 0 Å². The van der Waals surface area contributed by atoms with Crippen LogP contribution in [0.25, 0.3) is 11.4 Å². The van der Waals surface area contributed by atoms with E-state index in [-0.39, 0.29) is 5.60 Å². The number of hydrogen-bond acceptors (Lipinski definition) is 6. The Labute approximate surface area is 104 Å². The highest BCUT2D eigenvalue weighted by Gasteiger charge is 2.32. The standard InChI is InChI=1S/C12H14N4O2/c1-12(7-14-8-12)17-6-10-15-11(16-18-10)9-3-2-4-13-5-9/h2-5,14H,6-8H2,1H3. The molecule has 0 saturated carbocycles. The molecule has 3 heterocycles. The summed E-state index contributed by atoms with van der Waals surface area (Å²) in [5, 5.41) is 7.08. The Morgan fingerprint density at radius 3 is 3.06 bits per heavy atom. The van der Waals surface area contributed by atoms with E-state index >= 15 is 0 Å². The third-order valence-corrected chi connectivity index (χ3v) is 2.93. The Kier molecular flexibility index (Phi) is 2.81. The lowest BCUT2D eigenvalue weighted by molar-refractivity contribution is -0.0841. The molecule has 0 aromatic carbocycles. The number of hydrogen-bond donors (Lipinski definition) is 1. The predicted octanol–water partition coefficient (Wildman–Crippen LogP) is 1.01. The molecule has 1 aliphatic rings. The first-order valence-electron chi connectivity index (χ1n) is 5.83. The highest BCUT2D eigenvalue weighted by molar-refractivity contribution is 5.51. The third-order valence-electron chi connectivity index (χ3n) is 2.93. The van der Waals surface area contributed by atoms with E-state index in [0.717, 1.165) is 18.7 Å².